The third-order valence-electron chi connectivity index (χ3n) is 1.98. The Kier molecular flexibility index (Phi) is 3.45. The highest BCUT2D eigenvalue weighted by Gasteiger charge is 2.11. The van der Waals surface area contributed by atoms with Gasteiger partial charge in [0.15, 0.2) is 0 Å². The summed E-state index contributed by atoms with van der Waals surface area (Å²) in [7, 11) is 0. The Morgan fingerprint density at radius 3 is 2.86 bits per heavy atom. The lowest BCUT2D eigenvalue weighted by molar-refractivity contribution is -0.514. The second-order valence-electron chi connectivity index (χ2n) is 3.38. The summed E-state index contributed by atoms with van der Waals surface area (Å²) in [5.74, 6) is 0. The second kappa shape index (κ2) is 4.60. The molecule has 0 fully saturated rings. The molecule has 0 aromatic heterocycles. The molecule has 0 saturated carbocycles. The third-order valence-corrected chi connectivity index (χ3v) is 1.98. The molecule has 1 aromatic carbocycles. The van der Waals surface area contributed by atoms with E-state index in [1.165, 1.54) is 0 Å². The van der Waals surface area contributed by atoms with Crippen LogP contribution in [0.2, 0.25) is 0 Å². The summed E-state index contributed by atoms with van der Waals surface area (Å²) in [6.45, 7) is 3.93. The van der Waals surface area contributed by atoms with E-state index in [1.807, 2.05) is 31.2 Å². The molecule has 0 aliphatic rings. The Bertz CT molecular complexity index is 326. The molecule has 1 aromatic rings. The van der Waals surface area contributed by atoms with Crippen LogP contribution in [-0.2, 0) is 0 Å². The number of nitrogens with one attached hydrogen (secondary N) is 1. The molecular formula is C10H14N2O2. The first-order valence-corrected chi connectivity index (χ1v) is 4.53. The zero-order valence-electron chi connectivity index (χ0n) is 8.36. The number of nitro groups is 1. The lowest BCUT2D eigenvalue weighted by atomic mass is 10.2. The van der Waals surface area contributed by atoms with Crippen molar-refractivity contribution in [2.24, 2.45) is 0 Å². The Morgan fingerprint density at radius 1 is 1.57 bits per heavy atom. The van der Waals surface area contributed by atoms with Crippen molar-refractivity contribution in [1.82, 2.24) is 0 Å². The zero-order chi connectivity index (χ0) is 10.6. The molecule has 0 amide bonds. The van der Waals surface area contributed by atoms with E-state index in [0.717, 1.165) is 11.3 Å². The molecule has 0 aliphatic heterocycles. The first kappa shape index (κ1) is 10.5. The molecule has 0 saturated heterocycles. The van der Waals surface area contributed by atoms with Gasteiger partial charge < -0.3 is 5.32 Å². The topological polar surface area (TPSA) is 55.2 Å². The van der Waals surface area contributed by atoms with Crippen molar-refractivity contribution in [2.75, 3.05) is 11.9 Å². The standard InChI is InChI=1S/C10H14N2O2/c1-8-4-3-5-10(6-8)11-7-9(2)12(13)14/h3-6,9,11H,7H2,1-2H3. The third kappa shape index (κ3) is 3.05. The highest BCUT2D eigenvalue weighted by molar-refractivity contribution is 5.45. The predicted octanol–water partition coefficient (Wildman–Crippen LogP) is 2.07. The first-order chi connectivity index (χ1) is 6.59. The predicted molar refractivity (Wildman–Crippen MR) is 56.1 cm³/mol. The van der Waals surface area contributed by atoms with Gasteiger partial charge in [-0.05, 0) is 24.6 Å². The molecule has 76 valence electrons. The maximum atomic E-state index is 10.4. The lowest BCUT2D eigenvalue weighted by Gasteiger charge is -2.07. The van der Waals surface area contributed by atoms with E-state index in [0.29, 0.717) is 6.54 Å². The minimum Gasteiger partial charge on any atom is -0.378 e. The van der Waals surface area contributed by atoms with Crippen LogP contribution in [0.5, 0.6) is 0 Å². The van der Waals surface area contributed by atoms with E-state index in [1.54, 1.807) is 6.92 Å². The highest BCUT2D eigenvalue weighted by Crippen LogP contribution is 2.09. The summed E-state index contributed by atoms with van der Waals surface area (Å²) >= 11 is 0. The Morgan fingerprint density at radius 2 is 2.29 bits per heavy atom. The normalized spacial score (nSPS) is 12.1. The highest BCUT2D eigenvalue weighted by atomic mass is 16.6. The molecule has 0 aliphatic carbocycles. The van der Waals surface area contributed by atoms with Crippen LogP contribution >= 0.6 is 0 Å². The molecule has 4 nitrogen and oxygen atoms in total. The molecule has 4 heteroatoms. The van der Waals surface area contributed by atoms with Gasteiger partial charge in [-0.25, -0.2) is 0 Å². The monoisotopic (exact) mass is 194 g/mol. The van der Waals surface area contributed by atoms with Gasteiger partial charge in [-0.3, -0.25) is 10.1 Å². The number of hydrogen-bond acceptors (Lipinski definition) is 3. The molecule has 1 atom stereocenters. The number of rotatable bonds is 4. The zero-order valence-corrected chi connectivity index (χ0v) is 8.36. The van der Waals surface area contributed by atoms with E-state index in [-0.39, 0.29) is 4.92 Å². The van der Waals surface area contributed by atoms with E-state index >= 15 is 0 Å². The van der Waals surface area contributed by atoms with Crippen molar-refractivity contribution in [1.29, 1.82) is 0 Å². The quantitative estimate of drug-likeness (QED) is 0.589. The van der Waals surface area contributed by atoms with Crippen LogP contribution in [0.15, 0.2) is 24.3 Å². The van der Waals surface area contributed by atoms with Crippen LogP contribution in [0, 0.1) is 17.0 Å². The van der Waals surface area contributed by atoms with E-state index < -0.39 is 6.04 Å². The number of benzene rings is 1. The molecule has 0 bridgehead atoms. The van der Waals surface area contributed by atoms with Crippen molar-refractivity contribution in [3.63, 3.8) is 0 Å². The van der Waals surface area contributed by atoms with Gasteiger partial charge in [-0.1, -0.05) is 12.1 Å². The Balaban J connectivity index is 2.49. The Labute approximate surface area is 83.1 Å². The van der Waals surface area contributed by atoms with Gasteiger partial charge in [0.25, 0.3) is 0 Å². The van der Waals surface area contributed by atoms with Crippen LogP contribution in [0.4, 0.5) is 5.69 Å². The molecule has 0 heterocycles. The van der Waals surface area contributed by atoms with Gasteiger partial charge in [-0.2, -0.15) is 0 Å². The molecule has 1 N–H and O–H groups in total. The maximum absolute atomic E-state index is 10.4. The number of nitrogens with zero attached hydrogens (tertiary/aromatic N) is 1. The summed E-state index contributed by atoms with van der Waals surface area (Å²) in [5.41, 5.74) is 2.07. The first-order valence-electron chi connectivity index (χ1n) is 4.53. The van der Waals surface area contributed by atoms with E-state index in [4.69, 9.17) is 0 Å². The average Bonchev–Trinajstić information content (AvgIpc) is 2.14. The summed E-state index contributed by atoms with van der Waals surface area (Å²) in [6.07, 6.45) is 0. The average molecular weight is 194 g/mol. The summed E-state index contributed by atoms with van der Waals surface area (Å²) in [4.78, 5) is 10.1. The molecule has 1 rings (SSSR count). The van der Waals surface area contributed by atoms with Crippen molar-refractivity contribution >= 4 is 5.69 Å². The van der Waals surface area contributed by atoms with Gasteiger partial charge in [0, 0.05) is 17.5 Å². The van der Waals surface area contributed by atoms with E-state index in [2.05, 4.69) is 5.32 Å². The largest absolute Gasteiger partial charge is 0.378 e. The van der Waals surface area contributed by atoms with Crippen LogP contribution in [0.25, 0.3) is 0 Å². The summed E-state index contributed by atoms with van der Waals surface area (Å²) < 4.78 is 0. The molecule has 1 unspecified atom stereocenters. The van der Waals surface area contributed by atoms with Gasteiger partial charge in [-0.15, -0.1) is 0 Å². The van der Waals surface area contributed by atoms with Gasteiger partial charge in [0.2, 0.25) is 6.04 Å². The van der Waals surface area contributed by atoms with Crippen LogP contribution in [0.3, 0.4) is 0 Å². The second-order valence-corrected chi connectivity index (χ2v) is 3.38. The van der Waals surface area contributed by atoms with Crippen molar-refractivity contribution in [2.45, 2.75) is 19.9 Å². The maximum Gasteiger partial charge on any atom is 0.227 e. The van der Waals surface area contributed by atoms with Crippen LogP contribution < -0.4 is 5.32 Å². The fourth-order valence-electron chi connectivity index (χ4n) is 1.10. The van der Waals surface area contributed by atoms with Crippen molar-refractivity contribution < 1.29 is 4.92 Å². The number of aryl methyl sites for hydroxylation is 1. The number of anilines is 1. The van der Waals surface area contributed by atoms with E-state index in [9.17, 15) is 10.1 Å². The molecular weight excluding hydrogens is 180 g/mol. The SMILES string of the molecule is Cc1cccc(NCC(C)[N+](=O)[O-])c1. The van der Waals surface area contributed by atoms with Gasteiger partial charge in [0.05, 0.1) is 6.54 Å². The smallest absolute Gasteiger partial charge is 0.227 e. The fourth-order valence-corrected chi connectivity index (χ4v) is 1.10. The Hall–Kier alpha value is -1.58. The summed E-state index contributed by atoms with van der Waals surface area (Å²) in [5, 5.41) is 13.4. The minimum absolute atomic E-state index is 0.289. The van der Waals surface area contributed by atoms with Crippen molar-refractivity contribution in [3.8, 4) is 0 Å². The lowest BCUT2D eigenvalue weighted by Crippen LogP contribution is -2.24. The van der Waals surface area contributed by atoms with Gasteiger partial charge in [0.1, 0.15) is 0 Å². The fraction of sp³-hybridized carbons (Fsp3) is 0.400. The molecule has 0 spiro atoms. The van der Waals surface area contributed by atoms with Crippen LogP contribution in [0.1, 0.15) is 12.5 Å². The number of hydrogen-bond donors (Lipinski definition) is 1. The van der Waals surface area contributed by atoms with Crippen LogP contribution in [-0.4, -0.2) is 17.5 Å². The van der Waals surface area contributed by atoms with Crippen molar-refractivity contribution in [3.05, 3.63) is 39.9 Å². The van der Waals surface area contributed by atoms with Gasteiger partial charge >= 0.3 is 0 Å². The molecule has 0 radical (unpaired) electrons. The summed E-state index contributed by atoms with van der Waals surface area (Å²) in [6, 6.07) is 7.22. The molecule has 14 heavy (non-hydrogen) atoms. The minimum atomic E-state index is -0.560.